The van der Waals surface area contributed by atoms with Crippen LogP contribution in [0.15, 0.2) is 47.1 Å². The highest BCUT2D eigenvalue weighted by molar-refractivity contribution is 9.10. The quantitative estimate of drug-likeness (QED) is 0.625. The standard InChI is InChI=1S/C13H7BrFNS/c14-11-12-10(5-2-6-16-12)17-13(11)8-3-1-4-9(15)7-8/h1-7H. The average Bonchev–Trinajstić information content (AvgIpc) is 2.68. The molecule has 3 aromatic rings. The van der Waals surface area contributed by atoms with Gasteiger partial charge in [0.25, 0.3) is 0 Å². The molecular formula is C13H7BrFNS. The van der Waals surface area contributed by atoms with Gasteiger partial charge in [-0.05, 0) is 45.8 Å². The third kappa shape index (κ3) is 1.87. The Hall–Kier alpha value is -1.26. The fraction of sp³-hybridized carbons (Fsp3) is 0. The summed E-state index contributed by atoms with van der Waals surface area (Å²) in [4.78, 5) is 5.33. The predicted octanol–water partition coefficient (Wildman–Crippen LogP) is 4.86. The fourth-order valence-corrected chi connectivity index (χ4v) is 3.68. The summed E-state index contributed by atoms with van der Waals surface area (Å²) in [6, 6.07) is 10.5. The van der Waals surface area contributed by atoms with E-state index in [0.29, 0.717) is 0 Å². The number of halogens is 2. The van der Waals surface area contributed by atoms with Gasteiger partial charge in [-0.25, -0.2) is 4.39 Å². The second-order valence-electron chi connectivity index (χ2n) is 3.61. The lowest BCUT2D eigenvalue weighted by Gasteiger charge is -1.98. The second-order valence-corrected chi connectivity index (χ2v) is 5.45. The van der Waals surface area contributed by atoms with Crippen LogP contribution in [-0.4, -0.2) is 4.98 Å². The van der Waals surface area contributed by atoms with Crippen molar-refractivity contribution in [1.82, 2.24) is 4.98 Å². The molecule has 0 amide bonds. The SMILES string of the molecule is Fc1cccc(-c2sc3cccnc3c2Br)c1. The summed E-state index contributed by atoms with van der Waals surface area (Å²) in [6.45, 7) is 0. The Morgan fingerprint density at radius 1 is 1.18 bits per heavy atom. The Morgan fingerprint density at radius 2 is 2.06 bits per heavy atom. The highest BCUT2D eigenvalue weighted by Gasteiger charge is 2.12. The van der Waals surface area contributed by atoms with Crippen LogP contribution in [-0.2, 0) is 0 Å². The van der Waals surface area contributed by atoms with Gasteiger partial charge in [0.2, 0.25) is 0 Å². The van der Waals surface area contributed by atoms with E-state index in [-0.39, 0.29) is 5.82 Å². The maximum absolute atomic E-state index is 13.2. The molecule has 0 aliphatic rings. The van der Waals surface area contributed by atoms with Crippen LogP contribution in [0.4, 0.5) is 4.39 Å². The predicted molar refractivity (Wildman–Crippen MR) is 72.7 cm³/mol. The molecule has 0 aliphatic heterocycles. The molecule has 0 bridgehead atoms. The number of hydrogen-bond donors (Lipinski definition) is 0. The van der Waals surface area contributed by atoms with Crippen molar-refractivity contribution in [3.8, 4) is 10.4 Å². The van der Waals surface area contributed by atoms with Crippen LogP contribution < -0.4 is 0 Å². The number of fused-ring (bicyclic) bond motifs is 1. The number of hydrogen-bond acceptors (Lipinski definition) is 2. The molecule has 0 N–H and O–H groups in total. The topological polar surface area (TPSA) is 12.9 Å². The average molecular weight is 308 g/mol. The maximum Gasteiger partial charge on any atom is 0.123 e. The maximum atomic E-state index is 13.2. The fourth-order valence-electron chi connectivity index (χ4n) is 1.72. The van der Waals surface area contributed by atoms with E-state index in [1.165, 1.54) is 12.1 Å². The number of pyridine rings is 1. The van der Waals surface area contributed by atoms with E-state index >= 15 is 0 Å². The van der Waals surface area contributed by atoms with Crippen molar-refractivity contribution >= 4 is 37.5 Å². The van der Waals surface area contributed by atoms with E-state index in [9.17, 15) is 4.39 Å². The Kier molecular flexibility index (Phi) is 2.68. The molecule has 0 spiro atoms. The Morgan fingerprint density at radius 3 is 2.82 bits per heavy atom. The Bertz CT molecular complexity index is 693. The van der Waals surface area contributed by atoms with Gasteiger partial charge in [-0.1, -0.05) is 12.1 Å². The first-order valence-electron chi connectivity index (χ1n) is 5.04. The van der Waals surface area contributed by atoms with Crippen LogP contribution >= 0.6 is 27.3 Å². The summed E-state index contributed by atoms with van der Waals surface area (Å²) in [5.41, 5.74) is 1.80. The Balaban J connectivity index is 2.27. The summed E-state index contributed by atoms with van der Waals surface area (Å²) < 4.78 is 15.2. The van der Waals surface area contributed by atoms with Gasteiger partial charge < -0.3 is 0 Å². The summed E-state index contributed by atoms with van der Waals surface area (Å²) in [5.74, 6) is -0.222. The first-order chi connectivity index (χ1) is 8.25. The highest BCUT2D eigenvalue weighted by atomic mass is 79.9. The second kappa shape index (κ2) is 4.20. The van der Waals surface area contributed by atoms with Crippen molar-refractivity contribution in [2.75, 3.05) is 0 Å². The van der Waals surface area contributed by atoms with E-state index in [1.807, 2.05) is 18.2 Å². The number of aromatic nitrogens is 1. The van der Waals surface area contributed by atoms with Gasteiger partial charge in [-0.2, -0.15) is 0 Å². The molecular weight excluding hydrogens is 301 g/mol. The van der Waals surface area contributed by atoms with Crippen LogP contribution in [0.1, 0.15) is 0 Å². The number of thiophene rings is 1. The van der Waals surface area contributed by atoms with Crippen molar-refractivity contribution in [3.05, 3.63) is 52.9 Å². The van der Waals surface area contributed by atoms with Crippen LogP contribution in [0, 0.1) is 5.82 Å². The first-order valence-corrected chi connectivity index (χ1v) is 6.65. The molecule has 4 heteroatoms. The van der Waals surface area contributed by atoms with Gasteiger partial charge in [-0.3, -0.25) is 4.98 Å². The summed E-state index contributed by atoms with van der Waals surface area (Å²) in [6.07, 6.45) is 1.76. The molecule has 0 fully saturated rings. The smallest absolute Gasteiger partial charge is 0.123 e. The van der Waals surface area contributed by atoms with Gasteiger partial charge in [0.15, 0.2) is 0 Å². The normalized spacial score (nSPS) is 10.9. The molecule has 17 heavy (non-hydrogen) atoms. The van der Waals surface area contributed by atoms with Crippen molar-refractivity contribution in [3.63, 3.8) is 0 Å². The molecule has 84 valence electrons. The molecule has 3 rings (SSSR count). The molecule has 0 unspecified atom stereocenters. The lowest BCUT2D eigenvalue weighted by atomic mass is 10.2. The third-order valence-electron chi connectivity index (χ3n) is 2.48. The van der Waals surface area contributed by atoms with E-state index in [2.05, 4.69) is 20.9 Å². The van der Waals surface area contributed by atoms with Gasteiger partial charge >= 0.3 is 0 Å². The Labute approximate surface area is 110 Å². The van der Waals surface area contributed by atoms with Crippen molar-refractivity contribution in [2.45, 2.75) is 0 Å². The van der Waals surface area contributed by atoms with Crippen LogP contribution in [0.2, 0.25) is 0 Å². The molecule has 2 aromatic heterocycles. The van der Waals surface area contributed by atoms with Crippen LogP contribution in [0.25, 0.3) is 20.7 Å². The zero-order valence-corrected chi connectivity index (χ0v) is 11.1. The summed E-state index contributed by atoms with van der Waals surface area (Å²) in [5, 5.41) is 0. The lowest BCUT2D eigenvalue weighted by molar-refractivity contribution is 0.628. The number of rotatable bonds is 1. The van der Waals surface area contributed by atoms with Gasteiger partial charge in [-0.15, -0.1) is 11.3 Å². The molecule has 1 nitrogen and oxygen atoms in total. The molecule has 0 radical (unpaired) electrons. The zero-order chi connectivity index (χ0) is 11.8. The highest BCUT2D eigenvalue weighted by Crippen LogP contribution is 2.41. The molecule has 0 aliphatic carbocycles. The summed E-state index contributed by atoms with van der Waals surface area (Å²) >= 11 is 5.15. The first kappa shape index (κ1) is 10.9. The zero-order valence-electron chi connectivity index (χ0n) is 8.65. The summed E-state index contributed by atoms with van der Waals surface area (Å²) in [7, 11) is 0. The van der Waals surface area contributed by atoms with Crippen molar-refractivity contribution in [1.29, 1.82) is 0 Å². The van der Waals surface area contributed by atoms with E-state index in [4.69, 9.17) is 0 Å². The van der Waals surface area contributed by atoms with E-state index < -0.39 is 0 Å². The largest absolute Gasteiger partial charge is 0.254 e. The van der Waals surface area contributed by atoms with E-state index in [0.717, 1.165) is 25.1 Å². The molecule has 0 saturated heterocycles. The number of nitrogens with zero attached hydrogens (tertiary/aromatic N) is 1. The number of benzene rings is 1. The van der Waals surface area contributed by atoms with Crippen molar-refractivity contribution in [2.24, 2.45) is 0 Å². The molecule has 1 aromatic carbocycles. The van der Waals surface area contributed by atoms with Gasteiger partial charge in [0.05, 0.1) is 19.6 Å². The minimum Gasteiger partial charge on any atom is -0.254 e. The monoisotopic (exact) mass is 307 g/mol. The molecule has 0 atom stereocenters. The van der Waals surface area contributed by atoms with E-state index in [1.54, 1.807) is 23.6 Å². The van der Waals surface area contributed by atoms with Gasteiger partial charge in [0.1, 0.15) is 5.82 Å². The lowest BCUT2D eigenvalue weighted by Crippen LogP contribution is -1.77. The minimum atomic E-state index is -0.222. The molecule has 2 heterocycles. The van der Waals surface area contributed by atoms with Gasteiger partial charge in [0, 0.05) is 6.20 Å². The molecule has 0 saturated carbocycles. The minimum absolute atomic E-state index is 0.222. The van der Waals surface area contributed by atoms with Crippen LogP contribution in [0.5, 0.6) is 0 Å². The van der Waals surface area contributed by atoms with Crippen molar-refractivity contribution < 1.29 is 4.39 Å². The van der Waals surface area contributed by atoms with Crippen LogP contribution in [0.3, 0.4) is 0 Å². The third-order valence-corrected chi connectivity index (χ3v) is 4.70.